The number of anilines is 2. The zero-order valence-electron chi connectivity index (χ0n) is 17.0. The number of nitrogens with zero attached hydrogens (tertiary/aromatic N) is 6. The van der Waals surface area contributed by atoms with Crippen molar-refractivity contribution in [3.63, 3.8) is 0 Å². The van der Waals surface area contributed by atoms with Gasteiger partial charge in [-0.25, -0.2) is 13.4 Å². The Morgan fingerprint density at radius 1 is 1.41 bits per heavy atom. The van der Waals surface area contributed by atoms with Crippen molar-refractivity contribution in [2.45, 2.75) is 32.4 Å². The maximum atomic E-state index is 12.9. The molecule has 0 spiro atoms. The Labute approximate surface area is 170 Å². The van der Waals surface area contributed by atoms with Crippen molar-refractivity contribution in [3.05, 3.63) is 17.4 Å². The lowest BCUT2D eigenvalue weighted by Crippen LogP contribution is -2.33. The third-order valence-electron chi connectivity index (χ3n) is 4.67. The zero-order valence-corrected chi connectivity index (χ0v) is 17.8. The first-order chi connectivity index (χ1) is 13.8. The Morgan fingerprint density at radius 2 is 2.17 bits per heavy atom. The number of imidazole rings is 1. The normalized spacial score (nSPS) is 18.9. The molecular formula is C17H27N9O2S. The maximum absolute atomic E-state index is 12.9. The topological polar surface area (TPSA) is 143 Å². The van der Waals surface area contributed by atoms with Crippen LogP contribution in [-0.2, 0) is 10.0 Å². The Kier molecular flexibility index (Phi) is 6.03. The number of hydrogen-bond donors (Lipinski definition) is 3. The molecule has 11 nitrogen and oxygen atoms in total. The highest BCUT2D eigenvalue weighted by Crippen LogP contribution is 2.26. The molecule has 1 unspecified atom stereocenters. The van der Waals surface area contributed by atoms with E-state index in [0.717, 1.165) is 0 Å². The van der Waals surface area contributed by atoms with Gasteiger partial charge in [-0.05, 0) is 20.3 Å². The molecule has 0 bridgehead atoms. The fraction of sp³-hybridized carbons (Fsp3) is 0.529. The van der Waals surface area contributed by atoms with Crippen molar-refractivity contribution in [2.24, 2.45) is 4.99 Å². The quantitative estimate of drug-likeness (QED) is 0.550. The Morgan fingerprint density at radius 3 is 2.83 bits per heavy atom. The second-order valence-corrected chi connectivity index (χ2v) is 9.00. The molecule has 3 rings (SSSR count). The molecule has 1 saturated heterocycles. The molecule has 2 aromatic heterocycles. The minimum Gasteiger partial charge on any atom is -0.393 e. The van der Waals surface area contributed by atoms with Crippen LogP contribution in [0.5, 0.6) is 0 Å². The van der Waals surface area contributed by atoms with E-state index in [1.54, 1.807) is 13.4 Å². The molecule has 0 radical (unpaired) electrons. The number of aromatic nitrogens is 4. The first-order valence-corrected chi connectivity index (χ1v) is 10.8. The summed E-state index contributed by atoms with van der Waals surface area (Å²) in [6.45, 7) is 4.75. The molecule has 2 aromatic rings. The first kappa shape index (κ1) is 21.0. The van der Waals surface area contributed by atoms with Crippen molar-refractivity contribution in [3.8, 4) is 0 Å². The average molecular weight is 422 g/mol. The van der Waals surface area contributed by atoms with Gasteiger partial charge in [0.05, 0.1) is 6.33 Å². The number of hydrogen-bond acceptors (Lipinski definition) is 9. The average Bonchev–Trinajstić information content (AvgIpc) is 3.28. The Bertz CT molecular complexity index is 1040. The minimum absolute atomic E-state index is 0.118. The lowest BCUT2D eigenvalue weighted by molar-refractivity contribution is 0.482. The van der Waals surface area contributed by atoms with E-state index in [2.05, 4.69) is 30.6 Å². The van der Waals surface area contributed by atoms with E-state index in [0.29, 0.717) is 36.5 Å². The summed E-state index contributed by atoms with van der Waals surface area (Å²) in [5.74, 6) is 0.653. The molecule has 12 heteroatoms. The molecule has 3 heterocycles. The van der Waals surface area contributed by atoms with E-state index in [4.69, 9.17) is 5.73 Å². The number of allylic oxidation sites excluding steroid dienone is 1. The van der Waals surface area contributed by atoms with Gasteiger partial charge in [-0.3, -0.25) is 4.99 Å². The highest BCUT2D eigenvalue weighted by atomic mass is 32.2. The van der Waals surface area contributed by atoms with Gasteiger partial charge < -0.3 is 20.9 Å². The monoisotopic (exact) mass is 421 g/mol. The van der Waals surface area contributed by atoms with Crippen LogP contribution in [0.2, 0.25) is 0 Å². The van der Waals surface area contributed by atoms with Gasteiger partial charge in [0.25, 0.3) is 0 Å². The molecule has 0 saturated carbocycles. The summed E-state index contributed by atoms with van der Waals surface area (Å²) in [7, 11) is -0.459. The minimum atomic E-state index is -3.64. The molecule has 0 aliphatic carbocycles. The van der Waals surface area contributed by atoms with Gasteiger partial charge in [0.1, 0.15) is 4.91 Å². The second-order valence-electron chi connectivity index (χ2n) is 7.06. The van der Waals surface area contributed by atoms with Crippen molar-refractivity contribution < 1.29 is 8.42 Å². The summed E-state index contributed by atoms with van der Waals surface area (Å²) in [6, 6.07) is 0.0488. The summed E-state index contributed by atoms with van der Waals surface area (Å²) in [4.78, 5) is 17.0. The summed E-state index contributed by atoms with van der Waals surface area (Å²) in [5.41, 5.74) is 7.15. The molecule has 0 aromatic carbocycles. The number of fused-ring (bicyclic) bond motifs is 1. The van der Waals surface area contributed by atoms with E-state index in [9.17, 15) is 8.42 Å². The van der Waals surface area contributed by atoms with E-state index in [1.165, 1.54) is 23.8 Å². The van der Waals surface area contributed by atoms with E-state index in [-0.39, 0.29) is 22.9 Å². The van der Waals surface area contributed by atoms with Gasteiger partial charge in [0.15, 0.2) is 17.0 Å². The van der Waals surface area contributed by atoms with Gasteiger partial charge >= 0.3 is 0 Å². The third-order valence-corrected chi connectivity index (χ3v) is 6.50. The number of nitrogens with one attached hydrogen (secondary N) is 2. The number of aliphatic imine (C=N–C) groups is 1. The van der Waals surface area contributed by atoms with Crippen molar-refractivity contribution >= 4 is 39.2 Å². The highest BCUT2D eigenvalue weighted by molar-refractivity contribution is 7.93. The summed E-state index contributed by atoms with van der Waals surface area (Å²) in [5, 5.41) is 6.05. The van der Waals surface area contributed by atoms with Gasteiger partial charge in [-0.2, -0.15) is 14.3 Å². The lowest BCUT2D eigenvalue weighted by atomic mass is 10.2. The van der Waals surface area contributed by atoms with E-state index >= 15 is 0 Å². The summed E-state index contributed by atoms with van der Waals surface area (Å²) < 4.78 is 29.1. The van der Waals surface area contributed by atoms with Crippen LogP contribution in [0.1, 0.15) is 26.3 Å². The van der Waals surface area contributed by atoms with Crippen LogP contribution in [0.3, 0.4) is 0 Å². The zero-order chi connectivity index (χ0) is 21.2. The lowest BCUT2D eigenvalue weighted by Gasteiger charge is -2.18. The van der Waals surface area contributed by atoms with Crippen molar-refractivity contribution in [2.75, 3.05) is 38.2 Å². The van der Waals surface area contributed by atoms with E-state index in [1.807, 2.05) is 18.4 Å². The van der Waals surface area contributed by atoms with Crippen LogP contribution in [0, 0.1) is 0 Å². The van der Waals surface area contributed by atoms with Crippen LogP contribution < -0.4 is 16.4 Å². The molecule has 1 aliphatic rings. The summed E-state index contributed by atoms with van der Waals surface area (Å²) >= 11 is 0. The molecule has 1 fully saturated rings. The standard InChI is InChI=1S/C17H27N9O2S/c1-11(2)26-10-21-14-15(23-17(18)24-16(14)26)22-12-5-6-25(9-12)29(27,28)13(7-19-3)8-20-4/h7-8,10-12,19H,5-6,9H2,1-4H3,(H3,18,22,23,24). The molecule has 4 N–H and O–H groups in total. The Hall–Kier alpha value is -2.73. The van der Waals surface area contributed by atoms with Crippen molar-refractivity contribution in [1.82, 2.24) is 29.1 Å². The van der Waals surface area contributed by atoms with Gasteiger partial charge in [-0.15, -0.1) is 0 Å². The van der Waals surface area contributed by atoms with E-state index < -0.39 is 10.0 Å². The predicted molar refractivity (Wildman–Crippen MR) is 114 cm³/mol. The highest BCUT2D eigenvalue weighted by Gasteiger charge is 2.34. The maximum Gasteiger partial charge on any atom is 0.246 e. The number of nitrogens with two attached hydrogens (primary N) is 1. The fourth-order valence-electron chi connectivity index (χ4n) is 3.27. The second kappa shape index (κ2) is 8.33. The molecule has 1 atom stereocenters. The third kappa shape index (κ3) is 4.17. The number of sulfonamides is 1. The van der Waals surface area contributed by atoms with Crippen LogP contribution in [0.15, 0.2) is 22.4 Å². The van der Waals surface area contributed by atoms with Gasteiger partial charge in [-0.1, -0.05) is 0 Å². The number of rotatable bonds is 7. The van der Waals surface area contributed by atoms with Crippen LogP contribution in [-0.4, -0.2) is 71.7 Å². The fourth-order valence-corrected chi connectivity index (χ4v) is 4.79. The number of nitrogen functional groups attached to an aromatic ring is 1. The predicted octanol–water partition coefficient (Wildman–Crippen LogP) is 0.567. The smallest absolute Gasteiger partial charge is 0.246 e. The molecular weight excluding hydrogens is 394 g/mol. The summed E-state index contributed by atoms with van der Waals surface area (Å²) in [6.07, 6.45) is 5.10. The van der Waals surface area contributed by atoms with Gasteiger partial charge in [0, 0.05) is 51.7 Å². The molecule has 0 amide bonds. The largest absolute Gasteiger partial charge is 0.393 e. The van der Waals surface area contributed by atoms with Crippen LogP contribution in [0.4, 0.5) is 11.8 Å². The molecule has 1 aliphatic heterocycles. The van der Waals surface area contributed by atoms with Crippen molar-refractivity contribution in [1.29, 1.82) is 0 Å². The van der Waals surface area contributed by atoms with Crippen LogP contribution >= 0.6 is 0 Å². The SMILES string of the molecule is CN=CC(=CNC)S(=O)(=O)N1CCC(Nc2nc(N)nc3c2ncn3C(C)C)C1. The molecule has 29 heavy (non-hydrogen) atoms. The Balaban J connectivity index is 1.83. The molecule has 158 valence electrons. The first-order valence-electron chi connectivity index (χ1n) is 9.34. The van der Waals surface area contributed by atoms with Crippen LogP contribution in [0.25, 0.3) is 11.2 Å². The van der Waals surface area contributed by atoms with Gasteiger partial charge in [0.2, 0.25) is 16.0 Å².